The van der Waals surface area contributed by atoms with E-state index in [4.69, 9.17) is 18.9 Å². The summed E-state index contributed by atoms with van der Waals surface area (Å²) >= 11 is 0. The van der Waals surface area contributed by atoms with Crippen molar-refractivity contribution in [1.29, 1.82) is 0 Å². The number of nitrogens with one attached hydrogen (secondary N) is 1. The minimum Gasteiger partial charge on any atom is -0.493 e. The Bertz CT molecular complexity index is 847. The highest BCUT2D eigenvalue weighted by molar-refractivity contribution is 5.80. The molecule has 0 radical (unpaired) electrons. The number of amides is 1. The van der Waals surface area contributed by atoms with Gasteiger partial charge >= 0.3 is 0 Å². The summed E-state index contributed by atoms with van der Waals surface area (Å²) in [5.41, 5.74) is 2.95. The van der Waals surface area contributed by atoms with Gasteiger partial charge in [0.2, 0.25) is 5.75 Å². The Labute approximate surface area is 173 Å². The molecule has 6 nitrogen and oxygen atoms in total. The van der Waals surface area contributed by atoms with Gasteiger partial charge in [0.15, 0.2) is 17.6 Å². The summed E-state index contributed by atoms with van der Waals surface area (Å²) in [5, 5.41) is 2.91. The molecular formula is C23H31NO5. The zero-order valence-electron chi connectivity index (χ0n) is 18.3. The normalized spacial score (nSPS) is 11.7. The Hall–Kier alpha value is -2.89. The van der Waals surface area contributed by atoms with E-state index in [-0.39, 0.29) is 12.5 Å². The number of ether oxygens (including phenoxy) is 4. The second-order valence-corrected chi connectivity index (χ2v) is 7.17. The molecule has 1 amide bonds. The van der Waals surface area contributed by atoms with Crippen molar-refractivity contribution in [2.45, 2.75) is 46.3 Å². The molecule has 2 aromatic rings. The average Bonchev–Trinajstić information content (AvgIpc) is 2.70. The van der Waals surface area contributed by atoms with E-state index in [9.17, 15) is 4.79 Å². The third-order valence-electron chi connectivity index (χ3n) is 4.70. The smallest absolute Gasteiger partial charge is 0.261 e. The van der Waals surface area contributed by atoms with Crippen LogP contribution >= 0.6 is 0 Å². The lowest BCUT2D eigenvalue weighted by Crippen LogP contribution is -2.36. The molecule has 0 aliphatic heterocycles. The van der Waals surface area contributed by atoms with E-state index in [0.29, 0.717) is 23.2 Å². The Balaban J connectivity index is 2.11. The van der Waals surface area contributed by atoms with Gasteiger partial charge in [-0.25, -0.2) is 0 Å². The lowest BCUT2D eigenvalue weighted by Gasteiger charge is -2.20. The van der Waals surface area contributed by atoms with Gasteiger partial charge in [-0.05, 0) is 49.1 Å². The maximum atomic E-state index is 12.6. The predicted octanol–water partition coefficient (Wildman–Crippen LogP) is 4.23. The molecule has 1 N–H and O–H groups in total. The van der Waals surface area contributed by atoms with Crippen LogP contribution in [0.5, 0.6) is 23.0 Å². The highest BCUT2D eigenvalue weighted by atomic mass is 16.5. The molecular weight excluding hydrogens is 370 g/mol. The molecule has 0 fully saturated rings. The van der Waals surface area contributed by atoms with Crippen LogP contribution in [0.3, 0.4) is 0 Å². The van der Waals surface area contributed by atoms with Crippen LogP contribution in [0.4, 0.5) is 0 Å². The van der Waals surface area contributed by atoms with E-state index >= 15 is 0 Å². The van der Waals surface area contributed by atoms with Crippen LogP contribution in [0, 0.1) is 6.92 Å². The second kappa shape index (κ2) is 10.0. The number of aryl methyl sites for hydroxylation is 1. The van der Waals surface area contributed by atoms with Crippen molar-refractivity contribution in [2.24, 2.45) is 0 Å². The fourth-order valence-electron chi connectivity index (χ4n) is 3.09. The van der Waals surface area contributed by atoms with Gasteiger partial charge in [0.05, 0.1) is 21.3 Å². The van der Waals surface area contributed by atoms with E-state index in [1.54, 1.807) is 34.3 Å². The molecule has 0 aromatic heterocycles. The fraction of sp³-hybridized carbons (Fsp3) is 0.435. The molecule has 0 unspecified atom stereocenters. The first-order valence-electron chi connectivity index (χ1n) is 9.65. The number of rotatable bonds is 9. The van der Waals surface area contributed by atoms with E-state index < -0.39 is 6.10 Å². The number of carbonyl (C=O) groups is 1. The van der Waals surface area contributed by atoms with Crippen LogP contribution in [-0.2, 0) is 11.3 Å². The standard InChI is InChI=1S/C23H31NO5/c1-14(2)18-10-8-15(3)12-20(18)29-16(4)23(25)24-13-17-9-11-19(26-5)22(28-7)21(17)27-6/h8-12,14,16H,13H2,1-7H3,(H,24,25)/t16-/m0/s1. The molecule has 0 saturated carbocycles. The van der Waals surface area contributed by atoms with Crippen LogP contribution in [0.1, 0.15) is 43.4 Å². The van der Waals surface area contributed by atoms with Gasteiger partial charge in [-0.1, -0.05) is 26.0 Å². The quantitative estimate of drug-likeness (QED) is 0.681. The lowest BCUT2D eigenvalue weighted by atomic mass is 10.0. The van der Waals surface area contributed by atoms with Crippen LogP contribution in [0.15, 0.2) is 30.3 Å². The topological polar surface area (TPSA) is 66.0 Å². The third-order valence-corrected chi connectivity index (χ3v) is 4.70. The first kappa shape index (κ1) is 22.4. The molecule has 6 heteroatoms. The van der Waals surface area contributed by atoms with Crippen LogP contribution in [-0.4, -0.2) is 33.3 Å². The Morgan fingerprint density at radius 2 is 1.62 bits per heavy atom. The molecule has 0 heterocycles. The monoisotopic (exact) mass is 401 g/mol. The van der Waals surface area contributed by atoms with E-state index in [2.05, 4.69) is 31.3 Å². The largest absolute Gasteiger partial charge is 0.493 e. The highest BCUT2D eigenvalue weighted by Gasteiger charge is 2.20. The van der Waals surface area contributed by atoms with Gasteiger partial charge in [-0.2, -0.15) is 0 Å². The molecule has 0 aliphatic carbocycles. The lowest BCUT2D eigenvalue weighted by molar-refractivity contribution is -0.127. The molecule has 2 aromatic carbocycles. The van der Waals surface area contributed by atoms with Crippen molar-refractivity contribution in [3.05, 3.63) is 47.0 Å². The fourth-order valence-corrected chi connectivity index (χ4v) is 3.09. The van der Waals surface area contributed by atoms with Crippen molar-refractivity contribution >= 4 is 5.91 Å². The first-order chi connectivity index (χ1) is 13.8. The van der Waals surface area contributed by atoms with Crippen LogP contribution in [0.25, 0.3) is 0 Å². The molecule has 0 bridgehead atoms. The van der Waals surface area contributed by atoms with Crippen molar-refractivity contribution in [1.82, 2.24) is 5.32 Å². The van der Waals surface area contributed by atoms with Crippen LogP contribution in [0.2, 0.25) is 0 Å². The van der Waals surface area contributed by atoms with Gasteiger partial charge in [0.25, 0.3) is 5.91 Å². The average molecular weight is 402 g/mol. The second-order valence-electron chi connectivity index (χ2n) is 7.17. The molecule has 0 saturated heterocycles. The van der Waals surface area contributed by atoms with Crippen molar-refractivity contribution in [3.63, 3.8) is 0 Å². The molecule has 2 rings (SSSR count). The molecule has 0 spiro atoms. The summed E-state index contributed by atoms with van der Waals surface area (Å²) in [5.74, 6) is 2.42. The van der Waals surface area contributed by atoms with E-state index in [1.165, 1.54) is 0 Å². The maximum absolute atomic E-state index is 12.6. The minimum absolute atomic E-state index is 0.210. The Morgan fingerprint density at radius 1 is 0.931 bits per heavy atom. The van der Waals surface area contributed by atoms with E-state index in [1.807, 2.05) is 19.1 Å². The first-order valence-corrected chi connectivity index (χ1v) is 9.65. The van der Waals surface area contributed by atoms with Gasteiger partial charge in [-0.3, -0.25) is 4.79 Å². The summed E-state index contributed by atoms with van der Waals surface area (Å²) in [6.45, 7) is 8.23. The summed E-state index contributed by atoms with van der Waals surface area (Å²) < 4.78 is 22.1. The zero-order chi connectivity index (χ0) is 21.6. The number of hydrogen-bond donors (Lipinski definition) is 1. The van der Waals surface area contributed by atoms with Crippen LogP contribution < -0.4 is 24.3 Å². The van der Waals surface area contributed by atoms with Gasteiger partial charge in [0, 0.05) is 12.1 Å². The number of hydrogen-bond acceptors (Lipinski definition) is 5. The van der Waals surface area contributed by atoms with Crippen molar-refractivity contribution in [2.75, 3.05) is 21.3 Å². The summed E-state index contributed by atoms with van der Waals surface area (Å²) in [6, 6.07) is 9.69. The van der Waals surface area contributed by atoms with Crippen molar-refractivity contribution in [3.8, 4) is 23.0 Å². The number of carbonyl (C=O) groups excluding carboxylic acids is 1. The summed E-state index contributed by atoms with van der Waals surface area (Å²) in [7, 11) is 4.67. The number of methoxy groups -OCH3 is 3. The SMILES string of the molecule is COc1ccc(CNC(=O)[C@H](C)Oc2cc(C)ccc2C(C)C)c(OC)c1OC. The maximum Gasteiger partial charge on any atom is 0.261 e. The third kappa shape index (κ3) is 5.34. The van der Waals surface area contributed by atoms with Gasteiger partial charge in [-0.15, -0.1) is 0 Å². The predicted molar refractivity (Wildman–Crippen MR) is 113 cm³/mol. The van der Waals surface area contributed by atoms with Gasteiger partial charge in [0.1, 0.15) is 5.75 Å². The highest BCUT2D eigenvalue weighted by Crippen LogP contribution is 2.39. The summed E-state index contributed by atoms with van der Waals surface area (Å²) in [6.07, 6.45) is -0.638. The Morgan fingerprint density at radius 3 is 2.21 bits per heavy atom. The summed E-state index contributed by atoms with van der Waals surface area (Å²) in [4.78, 5) is 12.6. The molecule has 1 atom stereocenters. The van der Waals surface area contributed by atoms with Gasteiger partial charge < -0.3 is 24.3 Å². The van der Waals surface area contributed by atoms with E-state index in [0.717, 1.165) is 22.4 Å². The molecule has 29 heavy (non-hydrogen) atoms. The van der Waals surface area contributed by atoms with Crippen molar-refractivity contribution < 1.29 is 23.7 Å². The zero-order valence-corrected chi connectivity index (χ0v) is 18.3. The Kier molecular flexibility index (Phi) is 7.76. The molecule has 158 valence electrons. The molecule has 0 aliphatic rings. The minimum atomic E-state index is -0.638. The number of benzene rings is 2.